The fraction of sp³-hybridized carbons (Fsp3) is 0.855. The Morgan fingerprint density at radius 3 is 1.28 bits per heavy atom. The minimum absolute atomic E-state index is 0.0786. The van der Waals surface area contributed by atoms with Crippen LogP contribution in [0.2, 0.25) is 0 Å². The largest absolute Gasteiger partial charge is 0.472 e. The van der Waals surface area contributed by atoms with Crippen molar-refractivity contribution in [2.24, 2.45) is 0 Å². The molecule has 0 saturated carbocycles. The molecule has 1 amide bonds. The van der Waals surface area contributed by atoms with Gasteiger partial charge < -0.3 is 20.1 Å². The van der Waals surface area contributed by atoms with E-state index in [9.17, 15) is 24.2 Å². The third-order valence-electron chi connectivity index (χ3n) is 12.1. The Morgan fingerprint density at radius 1 is 0.477 bits per heavy atom. The van der Waals surface area contributed by atoms with Crippen molar-refractivity contribution in [3.8, 4) is 0 Å². The molecule has 0 bridgehead atoms. The quantitative estimate of drug-likeness (QED) is 0.0238. The Bertz CT molecular complexity index is 1160. The summed E-state index contributed by atoms with van der Waals surface area (Å²) in [4.78, 5) is 34.1. The summed E-state index contributed by atoms with van der Waals surface area (Å²) < 4.78 is 27.0. The van der Waals surface area contributed by atoms with Crippen LogP contribution in [0.1, 0.15) is 271 Å². The number of hydrogen-bond donors (Lipinski definition) is 3. The number of phosphoric ester groups is 1. The Balaban J connectivity index is 3.53. The van der Waals surface area contributed by atoms with Crippen LogP contribution in [0.3, 0.4) is 0 Å². The average Bonchev–Trinajstić information content (AvgIpc) is 3.29. The highest BCUT2D eigenvalue weighted by Crippen LogP contribution is 2.42. The van der Waals surface area contributed by atoms with Crippen LogP contribution in [-0.2, 0) is 27.9 Å². The number of esters is 1. The molecule has 9 nitrogen and oxygen atoms in total. The molecule has 0 saturated heterocycles. The van der Waals surface area contributed by atoms with E-state index in [1.165, 1.54) is 186 Å². The third-order valence-corrected chi connectivity index (χ3v) is 13.1. The number of allylic oxidation sites excluding steroid dienone is 6. The molecule has 0 aliphatic rings. The lowest BCUT2D eigenvalue weighted by Gasteiger charge is -2.15. The maximum atomic E-state index is 12.2. The standard InChI is InChI=1S/C55H104NO8P/c1-3-5-7-9-11-13-15-17-19-21-23-25-26-28-30-32-34-36-38-40-42-44-46-48-55(59)62-51-53(57)52-64-65(60,61)63-50-49-56-54(58)47-45-43-41-39-37-35-33-31-29-27-24-22-20-18-16-14-12-10-8-6-4-2/h12,14,18,20,24,27,53,57H,3-11,13,15-17,19,21-23,25-26,28-52H2,1-2H3,(H,56,58)(H,60,61)/b14-12-,20-18-,27-24-. The number of unbranched alkanes of at least 4 members (excludes halogenated alkanes) is 33. The van der Waals surface area contributed by atoms with E-state index in [2.05, 4.69) is 55.6 Å². The Kier molecular flexibility index (Phi) is 50.2. The van der Waals surface area contributed by atoms with Gasteiger partial charge in [0.05, 0.1) is 13.2 Å². The van der Waals surface area contributed by atoms with Crippen molar-refractivity contribution in [3.63, 3.8) is 0 Å². The number of rotatable bonds is 52. The minimum atomic E-state index is -4.43. The lowest BCUT2D eigenvalue weighted by Crippen LogP contribution is -2.27. The molecule has 0 fully saturated rings. The second-order valence-electron chi connectivity index (χ2n) is 18.6. The SMILES string of the molecule is CCCCC/C=C\C/C=C\C/C=C\CCCCCCCCCCC(=O)NCCOP(=O)(O)OCC(O)COC(=O)CCCCCCCCCCCCCCCCCCCCCCCCC. The fourth-order valence-corrected chi connectivity index (χ4v) is 8.68. The number of hydrogen-bond acceptors (Lipinski definition) is 7. The molecule has 0 heterocycles. The first kappa shape index (κ1) is 63.2. The highest BCUT2D eigenvalue weighted by Gasteiger charge is 2.23. The lowest BCUT2D eigenvalue weighted by atomic mass is 10.0. The summed E-state index contributed by atoms with van der Waals surface area (Å²) in [6, 6.07) is 0. The summed E-state index contributed by atoms with van der Waals surface area (Å²) in [5.41, 5.74) is 0. The van der Waals surface area contributed by atoms with E-state index in [-0.39, 0.29) is 32.1 Å². The normalized spacial score (nSPS) is 13.4. The van der Waals surface area contributed by atoms with Gasteiger partial charge in [0.25, 0.3) is 0 Å². The first-order valence-corrected chi connectivity index (χ1v) is 29.0. The summed E-state index contributed by atoms with van der Waals surface area (Å²) >= 11 is 0. The van der Waals surface area contributed by atoms with E-state index in [1.54, 1.807) is 0 Å². The first-order valence-electron chi connectivity index (χ1n) is 27.5. The van der Waals surface area contributed by atoms with Gasteiger partial charge in [-0.25, -0.2) is 4.57 Å². The predicted octanol–water partition coefficient (Wildman–Crippen LogP) is 16.5. The van der Waals surface area contributed by atoms with Crippen molar-refractivity contribution >= 4 is 19.7 Å². The van der Waals surface area contributed by atoms with E-state index < -0.39 is 26.5 Å². The van der Waals surface area contributed by atoms with Crippen LogP contribution in [0.4, 0.5) is 0 Å². The summed E-state index contributed by atoms with van der Waals surface area (Å²) in [6.07, 6.45) is 60.9. The number of nitrogens with one attached hydrogen (secondary N) is 1. The van der Waals surface area contributed by atoms with Crippen LogP contribution >= 0.6 is 7.82 Å². The van der Waals surface area contributed by atoms with Gasteiger partial charge in [0.15, 0.2) is 0 Å². The van der Waals surface area contributed by atoms with Gasteiger partial charge in [-0.3, -0.25) is 18.6 Å². The van der Waals surface area contributed by atoms with E-state index in [0.29, 0.717) is 6.42 Å². The van der Waals surface area contributed by atoms with Gasteiger partial charge >= 0.3 is 13.8 Å². The fourth-order valence-electron chi connectivity index (χ4n) is 7.92. The summed E-state index contributed by atoms with van der Waals surface area (Å²) in [7, 11) is -4.43. The third kappa shape index (κ3) is 53.1. The molecular formula is C55H104NO8P. The van der Waals surface area contributed by atoms with Gasteiger partial charge in [0, 0.05) is 19.4 Å². The van der Waals surface area contributed by atoms with Crippen molar-refractivity contribution in [1.82, 2.24) is 5.32 Å². The first-order chi connectivity index (χ1) is 31.8. The number of phosphoric acid groups is 1. The molecule has 0 radical (unpaired) electrons. The molecular weight excluding hydrogens is 834 g/mol. The molecule has 65 heavy (non-hydrogen) atoms. The van der Waals surface area contributed by atoms with E-state index >= 15 is 0 Å². The molecule has 2 unspecified atom stereocenters. The smallest absolute Gasteiger partial charge is 0.463 e. The molecule has 382 valence electrons. The van der Waals surface area contributed by atoms with E-state index in [0.717, 1.165) is 57.8 Å². The molecule has 3 N–H and O–H groups in total. The van der Waals surface area contributed by atoms with Gasteiger partial charge in [-0.2, -0.15) is 0 Å². The molecule has 0 spiro atoms. The van der Waals surface area contributed by atoms with Gasteiger partial charge in [-0.1, -0.05) is 243 Å². The highest BCUT2D eigenvalue weighted by atomic mass is 31.2. The number of aliphatic hydroxyl groups is 1. The zero-order valence-electron chi connectivity index (χ0n) is 42.4. The molecule has 0 aromatic rings. The summed E-state index contributed by atoms with van der Waals surface area (Å²) in [5.74, 6) is -0.513. The zero-order chi connectivity index (χ0) is 47.4. The average molecular weight is 938 g/mol. The maximum absolute atomic E-state index is 12.2. The Morgan fingerprint density at radius 2 is 0.831 bits per heavy atom. The molecule has 0 aromatic carbocycles. The van der Waals surface area contributed by atoms with Crippen LogP contribution in [0, 0.1) is 0 Å². The predicted molar refractivity (Wildman–Crippen MR) is 275 cm³/mol. The van der Waals surface area contributed by atoms with Crippen molar-refractivity contribution in [2.75, 3.05) is 26.4 Å². The number of aliphatic hydroxyl groups excluding tert-OH is 1. The number of carbonyl (C=O) groups excluding carboxylic acids is 2. The number of amides is 1. The summed E-state index contributed by atoms with van der Waals surface area (Å²) in [5, 5.41) is 12.8. The van der Waals surface area contributed by atoms with E-state index in [4.69, 9.17) is 13.8 Å². The molecule has 0 aliphatic carbocycles. The monoisotopic (exact) mass is 938 g/mol. The second-order valence-corrected chi connectivity index (χ2v) is 20.0. The number of carbonyl (C=O) groups is 2. The molecule has 0 rings (SSSR count). The topological polar surface area (TPSA) is 131 Å². The zero-order valence-corrected chi connectivity index (χ0v) is 43.3. The molecule has 10 heteroatoms. The minimum Gasteiger partial charge on any atom is -0.463 e. The lowest BCUT2D eigenvalue weighted by molar-refractivity contribution is -0.147. The molecule has 0 aromatic heterocycles. The molecule has 2 atom stereocenters. The number of ether oxygens (including phenoxy) is 1. The van der Waals surface area contributed by atoms with Crippen LogP contribution in [0.5, 0.6) is 0 Å². The van der Waals surface area contributed by atoms with Crippen molar-refractivity contribution < 1.29 is 37.9 Å². The van der Waals surface area contributed by atoms with Crippen LogP contribution < -0.4 is 5.32 Å². The Hall–Kier alpha value is -1.77. The van der Waals surface area contributed by atoms with Crippen LogP contribution in [0.25, 0.3) is 0 Å². The van der Waals surface area contributed by atoms with Gasteiger partial charge in [0.2, 0.25) is 5.91 Å². The van der Waals surface area contributed by atoms with Crippen LogP contribution in [-0.4, -0.2) is 54.3 Å². The Labute approximate surface area is 401 Å². The van der Waals surface area contributed by atoms with Crippen molar-refractivity contribution in [3.05, 3.63) is 36.5 Å². The summed E-state index contributed by atoms with van der Waals surface area (Å²) in [6.45, 7) is 3.57. The highest BCUT2D eigenvalue weighted by molar-refractivity contribution is 7.47. The second kappa shape index (κ2) is 51.6. The maximum Gasteiger partial charge on any atom is 0.472 e. The van der Waals surface area contributed by atoms with E-state index in [1.807, 2.05) is 0 Å². The van der Waals surface area contributed by atoms with Gasteiger partial charge in [-0.15, -0.1) is 0 Å². The van der Waals surface area contributed by atoms with Crippen LogP contribution in [0.15, 0.2) is 36.5 Å². The molecule has 0 aliphatic heterocycles. The van der Waals surface area contributed by atoms with Gasteiger partial charge in [-0.05, 0) is 51.4 Å². The van der Waals surface area contributed by atoms with Crippen molar-refractivity contribution in [2.45, 2.75) is 277 Å². The van der Waals surface area contributed by atoms with Gasteiger partial charge in [0.1, 0.15) is 12.7 Å². The van der Waals surface area contributed by atoms with Crippen molar-refractivity contribution in [1.29, 1.82) is 0 Å².